The van der Waals surface area contributed by atoms with Crippen LogP contribution in [0.3, 0.4) is 0 Å². The summed E-state index contributed by atoms with van der Waals surface area (Å²) in [5.74, 6) is 0.0548. The lowest BCUT2D eigenvalue weighted by Gasteiger charge is -2.35. The van der Waals surface area contributed by atoms with Gasteiger partial charge in [-0.3, -0.25) is 9.69 Å². The highest BCUT2D eigenvalue weighted by Crippen LogP contribution is 2.39. The highest BCUT2D eigenvalue weighted by Gasteiger charge is 2.35. The minimum absolute atomic E-state index is 0.0548. The zero-order valence-corrected chi connectivity index (χ0v) is 21.0. The molecule has 2 aliphatic rings. The molecule has 1 N–H and O–H groups in total. The maximum absolute atomic E-state index is 13.1. The van der Waals surface area contributed by atoms with Gasteiger partial charge in [0.15, 0.2) is 0 Å². The second kappa shape index (κ2) is 9.91. The number of halogens is 1. The molecule has 184 valence electrons. The number of benzene rings is 2. The van der Waals surface area contributed by atoms with E-state index in [0.717, 1.165) is 54.9 Å². The zero-order chi connectivity index (χ0) is 24.5. The highest BCUT2D eigenvalue weighted by molar-refractivity contribution is 6.31. The van der Waals surface area contributed by atoms with Crippen molar-refractivity contribution in [1.29, 1.82) is 0 Å². The number of carbonyl (C=O) groups excluding carboxylic acids is 2. The Balaban J connectivity index is 1.47. The minimum atomic E-state index is -0.339. The summed E-state index contributed by atoms with van der Waals surface area (Å²) in [7, 11) is 0. The van der Waals surface area contributed by atoms with Crippen molar-refractivity contribution in [2.45, 2.75) is 26.3 Å². The maximum Gasteiger partial charge on any atom is 0.410 e. The van der Waals surface area contributed by atoms with Crippen molar-refractivity contribution in [1.82, 2.24) is 19.7 Å². The monoisotopic (exact) mass is 494 g/mol. The van der Waals surface area contributed by atoms with E-state index in [1.807, 2.05) is 54.3 Å². The third-order valence-corrected chi connectivity index (χ3v) is 7.41. The molecular weight excluding hydrogens is 464 g/mol. The summed E-state index contributed by atoms with van der Waals surface area (Å²) >= 11 is 6.28. The van der Waals surface area contributed by atoms with E-state index in [1.165, 1.54) is 5.56 Å². The summed E-state index contributed by atoms with van der Waals surface area (Å²) in [5, 5.41) is 1.77. The molecule has 2 amide bonds. The van der Waals surface area contributed by atoms with Crippen LogP contribution in [-0.2, 0) is 11.2 Å². The van der Waals surface area contributed by atoms with E-state index in [4.69, 9.17) is 16.3 Å². The van der Waals surface area contributed by atoms with Gasteiger partial charge in [0, 0.05) is 59.9 Å². The predicted molar refractivity (Wildman–Crippen MR) is 137 cm³/mol. The molecule has 0 spiro atoms. The minimum Gasteiger partial charge on any atom is -0.450 e. The number of fused-ring (bicyclic) bond motifs is 3. The molecule has 1 fully saturated rings. The normalized spacial score (nSPS) is 18.5. The summed E-state index contributed by atoms with van der Waals surface area (Å²) < 4.78 is 5.39. The fraction of sp³-hybridized carbons (Fsp3) is 0.407. The topological polar surface area (TPSA) is 68.9 Å². The zero-order valence-electron chi connectivity index (χ0n) is 20.2. The van der Waals surface area contributed by atoms with E-state index in [-0.39, 0.29) is 18.0 Å². The van der Waals surface area contributed by atoms with Crippen LogP contribution in [0.4, 0.5) is 4.79 Å². The molecule has 3 heterocycles. The van der Waals surface area contributed by atoms with Crippen LogP contribution < -0.4 is 0 Å². The Morgan fingerprint density at radius 1 is 1.03 bits per heavy atom. The Morgan fingerprint density at radius 3 is 2.46 bits per heavy atom. The van der Waals surface area contributed by atoms with Gasteiger partial charge in [-0.25, -0.2) is 4.79 Å². The molecule has 1 unspecified atom stereocenters. The van der Waals surface area contributed by atoms with Crippen LogP contribution >= 0.6 is 11.6 Å². The van der Waals surface area contributed by atoms with Crippen LogP contribution in [0.25, 0.3) is 10.9 Å². The Morgan fingerprint density at radius 2 is 1.77 bits per heavy atom. The number of nitrogens with zero attached hydrogens (tertiary/aromatic N) is 3. The number of ether oxygens (including phenoxy) is 1. The average Bonchev–Trinajstić information content (AvgIpc) is 3.26. The van der Waals surface area contributed by atoms with Gasteiger partial charge >= 0.3 is 6.09 Å². The summed E-state index contributed by atoms with van der Waals surface area (Å²) in [4.78, 5) is 35.6. The first-order chi connectivity index (χ1) is 17.0. The van der Waals surface area contributed by atoms with E-state index in [0.29, 0.717) is 30.2 Å². The van der Waals surface area contributed by atoms with Crippen molar-refractivity contribution >= 4 is 34.5 Å². The number of likely N-dealkylation sites (N-methyl/N-ethyl adjacent to an activating group) is 1. The largest absolute Gasteiger partial charge is 0.450 e. The molecular formula is C27H31ClN4O3. The summed E-state index contributed by atoms with van der Waals surface area (Å²) in [6.07, 6.45) is 0.375. The van der Waals surface area contributed by atoms with Gasteiger partial charge in [-0.15, -0.1) is 0 Å². The SMILES string of the molecule is CCOC(=O)N1CCc2c([nH]c3ccc(Cl)cc23)C1c1ccc(C(=O)N2CCN(CC)CC2)cc1. The number of aromatic nitrogens is 1. The number of piperazine rings is 1. The van der Waals surface area contributed by atoms with E-state index in [9.17, 15) is 9.59 Å². The molecule has 0 aliphatic carbocycles. The van der Waals surface area contributed by atoms with Crippen LogP contribution in [0.2, 0.25) is 5.02 Å². The molecule has 0 bridgehead atoms. The number of hydrogen-bond donors (Lipinski definition) is 1. The number of amides is 2. The third kappa shape index (κ3) is 4.50. The van der Waals surface area contributed by atoms with Gasteiger partial charge in [-0.1, -0.05) is 30.7 Å². The van der Waals surface area contributed by atoms with Crippen LogP contribution in [0.5, 0.6) is 0 Å². The Bertz CT molecular complexity index is 1230. The molecule has 3 aromatic rings. The summed E-state index contributed by atoms with van der Waals surface area (Å²) in [6, 6.07) is 13.2. The Hall–Kier alpha value is -3.03. The van der Waals surface area contributed by atoms with Crippen molar-refractivity contribution in [2.75, 3.05) is 45.9 Å². The first-order valence-corrected chi connectivity index (χ1v) is 12.7. The van der Waals surface area contributed by atoms with E-state index in [2.05, 4.69) is 16.8 Å². The number of carbonyl (C=O) groups is 2. The van der Waals surface area contributed by atoms with Crippen molar-refractivity contribution in [2.24, 2.45) is 0 Å². The quantitative estimate of drug-likeness (QED) is 0.570. The Labute approximate surface area is 210 Å². The fourth-order valence-corrected chi connectivity index (χ4v) is 5.44. The predicted octanol–water partition coefficient (Wildman–Crippen LogP) is 4.70. The number of aromatic amines is 1. The molecule has 35 heavy (non-hydrogen) atoms. The van der Waals surface area contributed by atoms with E-state index >= 15 is 0 Å². The molecule has 1 aromatic heterocycles. The first-order valence-electron chi connectivity index (χ1n) is 12.3. The van der Waals surface area contributed by atoms with Crippen molar-refractivity contribution < 1.29 is 14.3 Å². The molecule has 0 saturated carbocycles. The molecule has 1 saturated heterocycles. The third-order valence-electron chi connectivity index (χ3n) is 7.17. The van der Waals surface area contributed by atoms with Gasteiger partial charge < -0.3 is 19.5 Å². The number of H-pyrrole nitrogens is 1. The lowest BCUT2D eigenvalue weighted by Crippen LogP contribution is -2.48. The number of hydrogen-bond acceptors (Lipinski definition) is 4. The van der Waals surface area contributed by atoms with Crippen LogP contribution in [0.15, 0.2) is 42.5 Å². The van der Waals surface area contributed by atoms with Gasteiger partial charge in [0.1, 0.15) is 6.04 Å². The van der Waals surface area contributed by atoms with Crippen LogP contribution in [0, 0.1) is 0 Å². The molecule has 0 radical (unpaired) electrons. The van der Waals surface area contributed by atoms with Crippen molar-refractivity contribution in [3.05, 3.63) is 69.9 Å². The molecule has 8 heteroatoms. The fourth-order valence-electron chi connectivity index (χ4n) is 5.27. The highest BCUT2D eigenvalue weighted by atomic mass is 35.5. The van der Waals surface area contributed by atoms with Crippen molar-refractivity contribution in [3.63, 3.8) is 0 Å². The number of rotatable bonds is 4. The van der Waals surface area contributed by atoms with Gasteiger partial charge in [0.2, 0.25) is 0 Å². The van der Waals surface area contributed by atoms with Crippen molar-refractivity contribution in [3.8, 4) is 0 Å². The van der Waals surface area contributed by atoms with Crippen LogP contribution in [-0.4, -0.2) is 77.6 Å². The van der Waals surface area contributed by atoms with Gasteiger partial charge in [-0.2, -0.15) is 0 Å². The molecule has 2 aromatic carbocycles. The van der Waals surface area contributed by atoms with Gasteiger partial charge in [0.25, 0.3) is 5.91 Å². The second-order valence-corrected chi connectivity index (χ2v) is 9.54. The second-order valence-electron chi connectivity index (χ2n) is 9.10. The molecule has 2 aliphatic heterocycles. The Kier molecular flexibility index (Phi) is 6.71. The van der Waals surface area contributed by atoms with Gasteiger partial charge in [0.05, 0.1) is 6.61 Å². The molecule has 5 rings (SSSR count). The molecule has 1 atom stereocenters. The lowest BCUT2D eigenvalue weighted by atomic mass is 9.92. The van der Waals surface area contributed by atoms with Gasteiger partial charge in [-0.05, 0) is 61.3 Å². The first kappa shape index (κ1) is 23.7. The average molecular weight is 495 g/mol. The number of nitrogens with one attached hydrogen (secondary N) is 1. The lowest BCUT2D eigenvalue weighted by molar-refractivity contribution is 0.0643. The van der Waals surface area contributed by atoms with E-state index < -0.39 is 0 Å². The standard InChI is InChI=1S/C27H31ClN4O3/c1-3-30-13-15-31(16-14-30)26(33)19-7-5-18(6-8-19)25-24-21(11-12-32(25)27(34)35-4-2)22-17-20(28)9-10-23(22)29-24/h5-10,17,25,29H,3-4,11-16H2,1-2H3. The summed E-state index contributed by atoms with van der Waals surface area (Å²) in [6.45, 7) is 9.13. The smallest absolute Gasteiger partial charge is 0.410 e. The maximum atomic E-state index is 13.1. The van der Waals surface area contributed by atoms with Crippen LogP contribution in [0.1, 0.15) is 47.1 Å². The molecule has 7 nitrogen and oxygen atoms in total. The summed E-state index contributed by atoms with van der Waals surface area (Å²) in [5.41, 5.74) is 4.73. The van der Waals surface area contributed by atoms with E-state index in [1.54, 1.807) is 4.90 Å².